The van der Waals surface area contributed by atoms with Crippen LogP contribution in [0.25, 0.3) is 0 Å². The predicted octanol–water partition coefficient (Wildman–Crippen LogP) is 1.92. The van der Waals surface area contributed by atoms with Crippen molar-refractivity contribution in [1.29, 1.82) is 0 Å². The molecule has 6 nitrogen and oxygen atoms in total. The van der Waals surface area contributed by atoms with Crippen LogP contribution in [0.5, 0.6) is 0 Å². The van der Waals surface area contributed by atoms with Gasteiger partial charge in [-0.3, -0.25) is 9.69 Å². The number of carbonyl (C=O) groups excluding carboxylic acids is 1. The molecule has 27 heavy (non-hydrogen) atoms. The molecule has 1 aromatic carbocycles. The maximum atomic E-state index is 12.5. The van der Waals surface area contributed by atoms with Crippen LogP contribution >= 0.6 is 0 Å². The lowest BCUT2D eigenvalue weighted by molar-refractivity contribution is 0.0937. The fraction of sp³-hybridized carbons (Fsp3) is 0.429. The number of nitrogens with zero attached hydrogens (tertiary/aromatic N) is 3. The Morgan fingerprint density at radius 1 is 1.11 bits per heavy atom. The molecule has 0 aliphatic carbocycles. The summed E-state index contributed by atoms with van der Waals surface area (Å²) in [5.41, 5.74) is 1.93. The molecule has 2 saturated heterocycles. The van der Waals surface area contributed by atoms with E-state index in [1.165, 1.54) is 5.56 Å². The van der Waals surface area contributed by atoms with Gasteiger partial charge in [0.25, 0.3) is 5.91 Å². The highest BCUT2D eigenvalue weighted by Gasteiger charge is 2.24. The van der Waals surface area contributed by atoms with Gasteiger partial charge < -0.3 is 15.0 Å². The van der Waals surface area contributed by atoms with E-state index in [0.29, 0.717) is 5.56 Å². The normalized spacial score (nSPS) is 20.6. The number of nitrogens with one attached hydrogen (secondary N) is 1. The third kappa shape index (κ3) is 4.64. The number of pyridine rings is 1. The van der Waals surface area contributed by atoms with E-state index in [9.17, 15) is 4.79 Å². The molecule has 2 fully saturated rings. The molecule has 4 rings (SSSR count). The number of aromatic nitrogens is 1. The number of hydrogen-bond donors (Lipinski definition) is 1. The van der Waals surface area contributed by atoms with Crippen molar-refractivity contribution in [1.82, 2.24) is 15.2 Å². The largest absolute Gasteiger partial charge is 0.378 e. The average molecular weight is 366 g/mol. The highest BCUT2D eigenvalue weighted by atomic mass is 16.5. The first-order valence-electron chi connectivity index (χ1n) is 9.64. The van der Waals surface area contributed by atoms with Crippen molar-refractivity contribution in [2.75, 3.05) is 44.3 Å². The van der Waals surface area contributed by atoms with E-state index in [-0.39, 0.29) is 11.9 Å². The first kappa shape index (κ1) is 17.9. The second-order valence-electron chi connectivity index (χ2n) is 7.18. The Kier molecular flexibility index (Phi) is 5.65. The molecule has 142 valence electrons. The van der Waals surface area contributed by atoms with Crippen molar-refractivity contribution >= 4 is 11.7 Å². The summed E-state index contributed by atoms with van der Waals surface area (Å²) in [6.07, 6.45) is 2.66. The lowest BCUT2D eigenvalue weighted by Gasteiger charge is -2.27. The fourth-order valence-electron chi connectivity index (χ4n) is 3.70. The summed E-state index contributed by atoms with van der Waals surface area (Å²) in [6, 6.07) is 14.5. The standard InChI is InChI=1S/C21H26N4O2/c26-21(18-6-7-20(22-14-18)25-10-12-27-13-11-25)23-19-8-9-24(16-19)15-17-4-2-1-3-5-17/h1-7,14,19H,8-13,15-16H2,(H,23,26)/t19-/m1/s1. The highest BCUT2D eigenvalue weighted by Crippen LogP contribution is 2.16. The summed E-state index contributed by atoms with van der Waals surface area (Å²) < 4.78 is 5.37. The molecule has 1 aromatic heterocycles. The van der Waals surface area contributed by atoms with Gasteiger partial charge in [-0.25, -0.2) is 4.98 Å². The summed E-state index contributed by atoms with van der Waals surface area (Å²) in [4.78, 5) is 21.6. The quantitative estimate of drug-likeness (QED) is 0.876. The van der Waals surface area contributed by atoms with Crippen molar-refractivity contribution in [3.63, 3.8) is 0 Å². The van der Waals surface area contributed by atoms with Crippen LogP contribution in [0.1, 0.15) is 22.3 Å². The number of ether oxygens (including phenoxy) is 1. The molecule has 6 heteroatoms. The average Bonchev–Trinajstić information content (AvgIpc) is 3.16. The van der Waals surface area contributed by atoms with Gasteiger partial charge in [-0.1, -0.05) is 30.3 Å². The minimum atomic E-state index is -0.0393. The molecule has 0 radical (unpaired) electrons. The number of benzene rings is 1. The molecule has 0 unspecified atom stereocenters. The minimum absolute atomic E-state index is 0.0393. The van der Waals surface area contributed by atoms with Crippen LogP contribution in [-0.2, 0) is 11.3 Å². The van der Waals surface area contributed by atoms with Gasteiger partial charge in [0.15, 0.2) is 0 Å². The molecule has 2 aromatic rings. The zero-order chi connectivity index (χ0) is 18.5. The fourth-order valence-corrected chi connectivity index (χ4v) is 3.70. The number of carbonyl (C=O) groups is 1. The molecule has 1 N–H and O–H groups in total. The van der Waals surface area contributed by atoms with Crippen molar-refractivity contribution < 1.29 is 9.53 Å². The molecule has 1 atom stereocenters. The van der Waals surface area contributed by atoms with Gasteiger partial charge in [0.05, 0.1) is 18.8 Å². The molecule has 2 aliphatic heterocycles. The van der Waals surface area contributed by atoms with Crippen molar-refractivity contribution in [3.05, 3.63) is 59.8 Å². The Morgan fingerprint density at radius 2 is 1.93 bits per heavy atom. The van der Waals surface area contributed by atoms with Crippen LogP contribution in [0, 0.1) is 0 Å². The van der Waals surface area contributed by atoms with E-state index in [0.717, 1.165) is 58.2 Å². The Balaban J connectivity index is 1.29. The van der Waals surface area contributed by atoms with Crippen molar-refractivity contribution in [2.45, 2.75) is 19.0 Å². The van der Waals surface area contributed by atoms with E-state index in [1.807, 2.05) is 18.2 Å². The van der Waals surface area contributed by atoms with Gasteiger partial charge in [0.1, 0.15) is 5.82 Å². The zero-order valence-electron chi connectivity index (χ0n) is 15.5. The van der Waals surface area contributed by atoms with Crippen LogP contribution in [0.15, 0.2) is 48.7 Å². The molecule has 2 aliphatic rings. The Labute approximate surface area is 160 Å². The van der Waals surface area contributed by atoms with Gasteiger partial charge in [-0.15, -0.1) is 0 Å². The molecular weight excluding hydrogens is 340 g/mol. The van der Waals surface area contributed by atoms with Crippen molar-refractivity contribution in [2.24, 2.45) is 0 Å². The molecular formula is C21H26N4O2. The summed E-state index contributed by atoms with van der Waals surface area (Å²) >= 11 is 0. The molecule has 0 spiro atoms. The molecule has 3 heterocycles. The van der Waals surface area contributed by atoms with Gasteiger partial charge >= 0.3 is 0 Å². The minimum Gasteiger partial charge on any atom is -0.378 e. The van der Waals surface area contributed by atoms with Crippen LogP contribution in [0.4, 0.5) is 5.82 Å². The number of anilines is 1. The number of likely N-dealkylation sites (tertiary alicyclic amines) is 1. The number of amides is 1. The van der Waals surface area contributed by atoms with Gasteiger partial charge in [-0.05, 0) is 24.1 Å². The Morgan fingerprint density at radius 3 is 2.67 bits per heavy atom. The molecule has 1 amide bonds. The third-order valence-corrected chi connectivity index (χ3v) is 5.20. The summed E-state index contributed by atoms with van der Waals surface area (Å²) in [6.45, 7) is 5.98. The SMILES string of the molecule is O=C(N[C@@H]1CCN(Cc2ccccc2)C1)c1ccc(N2CCOCC2)nc1. The van der Waals surface area contributed by atoms with E-state index >= 15 is 0 Å². The first-order valence-corrected chi connectivity index (χ1v) is 9.64. The maximum absolute atomic E-state index is 12.5. The van der Waals surface area contributed by atoms with E-state index in [4.69, 9.17) is 4.74 Å². The van der Waals surface area contributed by atoms with Crippen LogP contribution in [0.2, 0.25) is 0 Å². The molecule has 0 saturated carbocycles. The van der Waals surface area contributed by atoms with E-state index in [1.54, 1.807) is 6.20 Å². The maximum Gasteiger partial charge on any atom is 0.253 e. The van der Waals surface area contributed by atoms with Gasteiger partial charge in [-0.2, -0.15) is 0 Å². The second-order valence-corrected chi connectivity index (χ2v) is 7.18. The van der Waals surface area contributed by atoms with E-state index < -0.39 is 0 Å². The second kappa shape index (κ2) is 8.50. The summed E-state index contributed by atoms with van der Waals surface area (Å²) in [5, 5.41) is 3.16. The third-order valence-electron chi connectivity index (χ3n) is 5.20. The smallest absolute Gasteiger partial charge is 0.253 e. The Hall–Kier alpha value is -2.44. The number of rotatable bonds is 5. The van der Waals surface area contributed by atoms with Gasteiger partial charge in [0.2, 0.25) is 0 Å². The number of morpholine rings is 1. The first-order chi connectivity index (χ1) is 13.3. The predicted molar refractivity (Wildman–Crippen MR) is 105 cm³/mol. The topological polar surface area (TPSA) is 57.7 Å². The summed E-state index contributed by atoms with van der Waals surface area (Å²) in [7, 11) is 0. The van der Waals surface area contributed by atoms with Crippen LogP contribution in [0.3, 0.4) is 0 Å². The Bertz CT molecular complexity index is 745. The highest BCUT2D eigenvalue weighted by molar-refractivity contribution is 5.94. The number of hydrogen-bond acceptors (Lipinski definition) is 5. The molecule has 0 bridgehead atoms. The lowest BCUT2D eigenvalue weighted by Crippen LogP contribution is -2.38. The zero-order valence-corrected chi connectivity index (χ0v) is 15.5. The monoisotopic (exact) mass is 366 g/mol. The van der Waals surface area contributed by atoms with Crippen LogP contribution < -0.4 is 10.2 Å². The lowest BCUT2D eigenvalue weighted by atomic mass is 10.2. The van der Waals surface area contributed by atoms with E-state index in [2.05, 4.69) is 44.4 Å². The van der Waals surface area contributed by atoms with Crippen molar-refractivity contribution in [3.8, 4) is 0 Å². The summed E-state index contributed by atoms with van der Waals surface area (Å²) in [5.74, 6) is 0.868. The van der Waals surface area contributed by atoms with Crippen LogP contribution in [-0.4, -0.2) is 61.2 Å². The van der Waals surface area contributed by atoms with Gasteiger partial charge in [0, 0.05) is 45.0 Å².